The molecule has 0 unspecified atom stereocenters. The molecule has 28 heavy (non-hydrogen) atoms. The highest BCUT2D eigenvalue weighted by molar-refractivity contribution is 6.02. The third kappa shape index (κ3) is 3.38. The Kier molecular flexibility index (Phi) is 4.65. The van der Waals surface area contributed by atoms with Crippen molar-refractivity contribution >= 4 is 22.7 Å². The van der Waals surface area contributed by atoms with Crippen LogP contribution < -0.4 is 5.56 Å². The lowest BCUT2D eigenvalue weighted by Crippen LogP contribution is -2.29. The first-order valence-corrected chi connectivity index (χ1v) is 8.98. The fourth-order valence-electron chi connectivity index (χ4n) is 3.25. The Morgan fingerprint density at radius 3 is 2.46 bits per heavy atom. The molecular formula is C21H18N2O5. The standard InChI is InChI=1S/C21H18N2O5/c1-13-11-17(20(25)27-13)28-21(26)18-15-9-5-6-10-16(15)19(24)23(22-18)12-14-7-3-2-4-8-14/h2-10,13,17H,11-12H2,1H3/t13-,17-/m0/s1. The number of hydrogen-bond acceptors (Lipinski definition) is 6. The summed E-state index contributed by atoms with van der Waals surface area (Å²) in [6, 6.07) is 16.1. The lowest BCUT2D eigenvalue weighted by atomic mass is 10.1. The van der Waals surface area contributed by atoms with E-state index < -0.39 is 18.0 Å². The number of esters is 2. The molecule has 3 aromatic rings. The molecule has 0 saturated carbocycles. The zero-order valence-electron chi connectivity index (χ0n) is 15.2. The topological polar surface area (TPSA) is 87.5 Å². The summed E-state index contributed by atoms with van der Waals surface area (Å²) in [4.78, 5) is 37.4. The molecule has 0 aliphatic carbocycles. The molecule has 4 rings (SSSR count). The molecule has 2 atom stereocenters. The molecule has 0 amide bonds. The number of aromatic nitrogens is 2. The third-order valence-electron chi connectivity index (χ3n) is 4.61. The Labute approximate surface area is 160 Å². The largest absolute Gasteiger partial charge is 0.460 e. The minimum atomic E-state index is -0.961. The predicted molar refractivity (Wildman–Crippen MR) is 101 cm³/mol. The molecule has 2 aromatic carbocycles. The highest BCUT2D eigenvalue weighted by atomic mass is 16.6. The van der Waals surface area contributed by atoms with E-state index in [2.05, 4.69) is 5.10 Å². The van der Waals surface area contributed by atoms with Gasteiger partial charge in [-0.1, -0.05) is 48.5 Å². The number of carbonyl (C=O) groups is 2. The number of cyclic esters (lactones) is 1. The molecule has 7 heteroatoms. The van der Waals surface area contributed by atoms with Crippen LogP contribution in [0.2, 0.25) is 0 Å². The molecule has 1 aromatic heterocycles. The minimum absolute atomic E-state index is 0.00140. The van der Waals surface area contributed by atoms with Gasteiger partial charge in [-0.05, 0) is 18.6 Å². The molecule has 0 spiro atoms. The second-order valence-corrected chi connectivity index (χ2v) is 6.72. The first kappa shape index (κ1) is 17.9. The van der Waals surface area contributed by atoms with Crippen molar-refractivity contribution in [3.05, 3.63) is 76.2 Å². The summed E-state index contributed by atoms with van der Waals surface area (Å²) < 4.78 is 11.6. The summed E-state index contributed by atoms with van der Waals surface area (Å²) in [5.74, 6) is -1.32. The normalized spacial score (nSPS) is 18.8. The van der Waals surface area contributed by atoms with Crippen molar-refractivity contribution in [2.24, 2.45) is 0 Å². The van der Waals surface area contributed by atoms with Gasteiger partial charge in [-0.25, -0.2) is 14.3 Å². The molecule has 1 aliphatic heterocycles. The van der Waals surface area contributed by atoms with Crippen LogP contribution in [0.5, 0.6) is 0 Å². The predicted octanol–water partition coefficient (Wildman–Crippen LogP) is 2.31. The second-order valence-electron chi connectivity index (χ2n) is 6.72. The van der Waals surface area contributed by atoms with Crippen LogP contribution in [0, 0.1) is 0 Å². The van der Waals surface area contributed by atoms with Gasteiger partial charge < -0.3 is 9.47 Å². The first-order valence-electron chi connectivity index (χ1n) is 8.98. The average molecular weight is 378 g/mol. The van der Waals surface area contributed by atoms with Crippen LogP contribution >= 0.6 is 0 Å². The van der Waals surface area contributed by atoms with Crippen molar-refractivity contribution in [3.63, 3.8) is 0 Å². The van der Waals surface area contributed by atoms with Crippen LogP contribution in [0.25, 0.3) is 10.8 Å². The Morgan fingerprint density at radius 1 is 1.11 bits per heavy atom. The van der Waals surface area contributed by atoms with Crippen LogP contribution in [0.3, 0.4) is 0 Å². The number of nitrogens with zero attached hydrogens (tertiary/aromatic N) is 2. The van der Waals surface area contributed by atoms with Gasteiger partial charge >= 0.3 is 11.9 Å². The third-order valence-corrected chi connectivity index (χ3v) is 4.61. The zero-order valence-corrected chi connectivity index (χ0v) is 15.2. The summed E-state index contributed by atoms with van der Waals surface area (Å²) >= 11 is 0. The van der Waals surface area contributed by atoms with Gasteiger partial charge in [-0.15, -0.1) is 0 Å². The van der Waals surface area contributed by atoms with Gasteiger partial charge in [0.25, 0.3) is 5.56 Å². The number of ether oxygens (including phenoxy) is 2. The van der Waals surface area contributed by atoms with Gasteiger partial charge in [-0.2, -0.15) is 5.10 Å². The molecule has 7 nitrogen and oxygen atoms in total. The van der Waals surface area contributed by atoms with Crippen molar-refractivity contribution in [1.82, 2.24) is 9.78 Å². The molecule has 1 saturated heterocycles. The van der Waals surface area contributed by atoms with E-state index in [-0.39, 0.29) is 23.9 Å². The molecule has 1 aliphatic rings. The van der Waals surface area contributed by atoms with Gasteiger partial charge in [0.2, 0.25) is 6.10 Å². The fraction of sp³-hybridized carbons (Fsp3) is 0.238. The van der Waals surface area contributed by atoms with Gasteiger partial charge in [0.1, 0.15) is 6.10 Å². The number of benzene rings is 2. The summed E-state index contributed by atoms with van der Waals surface area (Å²) in [6.45, 7) is 1.95. The number of rotatable bonds is 4. The van der Waals surface area contributed by atoms with Crippen LogP contribution in [-0.2, 0) is 20.8 Å². The lowest BCUT2D eigenvalue weighted by Gasteiger charge is -2.12. The molecule has 1 fully saturated rings. The van der Waals surface area contributed by atoms with Crippen molar-refractivity contribution in [1.29, 1.82) is 0 Å². The number of hydrogen-bond donors (Lipinski definition) is 0. The SMILES string of the molecule is C[C@H]1C[C@H](OC(=O)c2nn(Cc3ccccc3)c(=O)c3ccccc23)C(=O)O1. The van der Waals surface area contributed by atoms with E-state index in [0.717, 1.165) is 5.56 Å². The highest BCUT2D eigenvalue weighted by Gasteiger charge is 2.36. The van der Waals surface area contributed by atoms with Gasteiger partial charge in [0.15, 0.2) is 5.69 Å². The average Bonchev–Trinajstić information content (AvgIpc) is 3.01. The number of fused-ring (bicyclic) bond motifs is 1. The smallest absolute Gasteiger partial charge is 0.360 e. The minimum Gasteiger partial charge on any atom is -0.460 e. The van der Waals surface area contributed by atoms with Crippen LogP contribution in [-0.4, -0.2) is 33.9 Å². The molecule has 0 radical (unpaired) electrons. The van der Waals surface area contributed by atoms with E-state index in [1.165, 1.54) is 4.68 Å². The summed E-state index contributed by atoms with van der Waals surface area (Å²) in [7, 11) is 0. The number of carbonyl (C=O) groups excluding carboxylic acids is 2. The molecule has 2 heterocycles. The fourth-order valence-corrected chi connectivity index (χ4v) is 3.25. The van der Waals surface area contributed by atoms with Gasteiger partial charge in [0, 0.05) is 11.8 Å². The van der Waals surface area contributed by atoms with E-state index in [1.54, 1.807) is 31.2 Å². The van der Waals surface area contributed by atoms with Crippen molar-refractivity contribution in [3.8, 4) is 0 Å². The highest BCUT2D eigenvalue weighted by Crippen LogP contribution is 2.21. The van der Waals surface area contributed by atoms with Crippen molar-refractivity contribution < 1.29 is 19.1 Å². The molecular weight excluding hydrogens is 360 g/mol. The van der Waals surface area contributed by atoms with E-state index >= 15 is 0 Å². The van der Waals surface area contributed by atoms with E-state index in [9.17, 15) is 14.4 Å². The van der Waals surface area contributed by atoms with Gasteiger partial charge in [-0.3, -0.25) is 4.79 Å². The summed E-state index contributed by atoms with van der Waals surface area (Å²) in [5.41, 5.74) is 0.572. The maximum atomic E-state index is 12.8. The molecule has 142 valence electrons. The zero-order chi connectivity index (χ0) is 19.7. The van der Waals surface area contributed by atoms with Crippen LogP contribution in [0.1, 0.15) is 29.4 Å². The van der Waals surface area contributed by atoms with Crippen molar-refractivity contribution in [2.45, 2.75) is 32.1 Å². The van der Waals surface area contributed by atoms with E-state index in [0.29, 0.717) is 17.2 Å². The van der Waals surface area contributed by atoms with Crippen molar-refractivity contribution in [2.75, 3.05) is 0 Å². The molecule has 0 bridgehead atoms. The van der Waals surface area contributed by atoms with Gasteiger partial charge in [0.05, 0.1) is 11.9 Å². The van der Waals surface area contributed by atoms with Crippen LogP contribution in [0.15, 0.2) is 59.4 Å². The van der Waals surface area contributed by atoms with E-state index in [1.807, 2.05) is 30.3 Å². The maximum absolute atomic E-state index is 12.8. The molecule has 0 N–H and O–H groups in total. The summed E-state index contributed by atoms with van der Waals surface area (Å²) in [6.07, 6.45) is -0.966. The lowest BCUT2D eigenvalue weighted by molar-refractivity contribution is -0.147. The quantitative estimate of drug-likeness (QED) is 0.648. The second kappa shape index (κ2) is 7.26. The maximum Gasteiger partial charge on any atom is 0.360 e. The Hall–Kier alpha value is -3.48. The first-order chi connectivity index (χ1) is 13.5. The monoisotopic (exact) mass is 378 g/mol. The Bertz CT molecular complexity index is 1110. The van der Waals surface area contributed by atoms with E-state index in [4.69, 9.17) is 9.47 Å². The Balaban J connectivity index is 1.74. The Morgan fingerprint density at radius 2 is 1.79 bits per heavy atom. The van der Waals surface area contributed by atoms with Crippen LogP contribution in [0.4, 0.5) is 0 Å². The summed E-state index contributed by atoms with van der Waals surface area (Å²) in [5, 5.41) is 5.01.